The molecular formula is C22H35N3O. The first-order valence-corrected chi connectivity index (χ1v) is 10.5. The fraction of sp³-hybridized carbons (Fsp3) is 0.682. The number of piperidine rings is 2. The minimum absolute atomic E-state index is 0.139. The summed E-state index contributed by atoms with van der Waals surface area (Å²) in [4.78, 5) is 14.9. The highest BCUT2D eigenvalue weighted by Gasteiger charge is 2.22. The SMILES string of the molecule is CC(CC(=O)Nc1ccc(CN2CCCCC2C)cc1)C1CCCNC1. The number of carbonyl (C=O) groups is 1. The average molecular weight is 358 g/mol. The molecule has 3 unspecified atom stereocenters. The normalized spacial score (nSPS) is 25.6. The van der Waals surface area contributed by atoms with E-state index in [1.165, 1.54) is 44.2 Å². The molecule has 0 aliphatic carbocycles. The van der Waals surface area contributed by atoms with Crippen molar-refractivity contribution >= 4 is 11.6 Å². The Morgan fingerprint density at radius 1 is 1.23 bits per heavy atom. The molecule has 1 aromatic carbocycles. The van der Waals surface area contributed by atoms with Crippen LogP contribution in [0.1, 0.15) is 57.9 Å². The Hall–Kier alpha value is -1.39. The van der Waals surface area contributed by atoms with Crippen LogP contribution in [0.3, 0.4) is 0 Å². The number of carbonyl (C=O) groups excluding carboxylic acids is 1. The summed E-state index contributed by atoms with van der Waals surface area (Å²) >= 11 is 0. The van der Waals surface area contributed by atoms with Gasteiger partial charge in [-0.1, -0.05) is 25.5 Å². The lowest BCUT2D eigenvalue weighted by atomic mass is 9.85. The summed E-state index contributed by atoms with van der Waals surface area (Å²) in [6, 6.07) is 9.10. The van der Waals surface area contributed by atoms with Crippen LogP contribution in [0.5, 0.6) is 0 Å². The van der Waals surface area contributed by atoms with E-state index in [-0.39, 0.29) is 5.91 Å². The van der Waals surface area contributed by atoms with Crippen LogP contribution in [0.25, 0.3) is 0 Å². The standard InChI is InChI=1S/C22H35N3O/c1-17(20-7-5-12-23-15-20)14-22(26)24-21-10-8-19(9-11-21)16-25-13-4-3-6-18(25)2/h8-11,17-18,20,23H,3-7,12-16H2,1-2H3,(H,24,26). The van der Waals surface area contributed by atoms with Gasteiger partial charge >= 0.3 is 0 Å². The zero-order valence-corrected chi connectivity index (χ0v) is 16.5. The highest BCUT2D eigenvalue weighted by Crippen LogP contribution is 2.23. The Morgan fingerprint density at radius 3 is 2.73 bits per heavy atom. The van der Waals surface area contributed by atoms with Gasteiger partial charge < -0.3 is 10.6 Å². The number of hydrogen-bond acceptors (Lipinski definition) is 3. The van der Waals surface area contributed by atoms with Crippen LogP contribution >= 0.6 is 0 Å². The third-order valence-corrected chi connectivity index (χ3v) is 6.21. The number of rotatable bonds is 6. The molecule has 4 heteroatoms. The molecule has 1 aromatic rings. The van der Waals surface area contributed by atoms with Gasteiger partial charge in [0.2, 0.25) is 5.91 Å². The molecule has 2 saturated heterocycles. The van der Waals surface area contributed by atoms with E-state index >= 15 is 0 Å². The third-order valence-electron chi connectivity index (χ3n) is 6.21. The number of amides is 1. The van der Waals surface area contributed by atoms with Crippen LogP contribution in [-0.4, -0.2) is 36.5 Å². The summed E-state index contributed by atoms with van der Waals surface area (Å²) in [6.07, 6.45) is 7.06. The van der Waals surface area contributed by atoms with Gasteiger partial charge in [-0.05, 0) is 81.8 Å². The van der Waals surface area contributed by atoms with Crippen molar-refractivity contribution < 1.29 is 4.79 Å². The number of nitrogens with zero attached hydrogens (tertiary/aromatic N) is 1. The molecule has 4 nitrogen and oxygen atoms in total. The molecule has 0 bridgehead atoms. The predicted molar refractivity (Wildman–Crippen MR) is 108 cm³/mol. The highest BCUT2D eigenvalue weighted by atomic mass is 16.1. The molecule has 1 amide bonds. The lowest BCUT2D eigenvalue weighted by Gasteiger charge is -2.33. The van der Waals surface area contributed by atoms with Crippen molar-refractivity contribution in [1.82, 2.24) is 10.2 Å². The Bertz CT molecular complexity index is 565. The molecule has 26 heavy (non-hydrogen) atoms. The van der Waals surface area contributed by atoms with Crippen molar-refractivity contribution in [2.24, 2.45) is 11.8 Å². The van der Waals surface area contributed by atoms with Crippen LogP contribution in [0.15, 0.2) is 24.3 Å². The topological polar surface area (TPSA) is 44.4 Å². The number of anilines is 1. The van der Waals surface area contributed by atoms with E-state index in [1.807, 2.05) is 0 Å². The average Bonchev–Trinajstić information content (AvgIpc) is 2.66. The lowest BCUT2D eigenvalue weighted by molar-refractivity contribution is -0.117. The first-order valence-electron chi connectivity index (χ1n) is 10.5. The lowest BCUT2D eigenvalue weighted by Crippen LogP contribution is -2.36. The first-order chi connectivity index (χ1) is 12.6. The first kappa shape index (κ1) is 19.4. The predicted octanol–water partition coefficient (Wildman–Crippen LogP) is 4.03. The number of hydrogen-bond donors (Lipinski definition) is 2. The van der Waals surface area contributed by atoms with Gasteiger partial charge in [0.1, 0.15) is 0 Å². The van der Waals surface area contributed by atoms with Crippen molar-refractivity contribution in [3.63, 3.8) is 0 Å². The van der Waals surface area contributed by atoms with Gasteiger partial charge in [0.25, 0.3) is 0 Å². The molecule has 144 valence electrons. The van der Waals surface area contributed by atoms with Crippen molar-refractivity contribution in [2.75, 3.05) is 25.0 Å². The van der Waals surface area contributed by atoms with Gasteiger partial charge in [-0.2, -0.15) is 0 Å². The van der Waals surface area contributed by atoms with Gasteiger partial charge in [-0.15, -0.1) is 0 Å². The van der Waals surface area contributed by atoms with Gasteiger partial charge in [-0.25, -0.2) is 0 Å². The highest BCUT2D eigenvalue weighted by molar-refractivity contribution is 5.90. The molecule has 0 radical (unpaired) electrons. The van der Waals surface area contributed by atoms with Gasteiger partial charge in [0.15, 0.2) is 0 Å². The monoisotopic (exact) mass is 357 g/mol. The molecule has 0 saturated carbocycles. The minimum Gasteiger partial charge on any atom is -0.326 e. The molecule has 2 aliphatic heterocycles. The molecule has 3 rings (SSSR count). The number of likely N-dealkylation sites (tertiary alicyclic amines) is 1. The van der Waals surface area contributed by atoms with Gasteiger partial charge in [-0.3, -0.25) is 9.69 Å². The van der Waals surface area contributed by atoms with Crippen LogP contribution < -0.4 is 10.6 Å². The molecule has 2 aliphatic rings. The molecule has 0 spiro atoms. The summed E-state index contributed by atoms with van der Waals surface area (Å²) in [6.45, 7) is 8.93. The number of nitrogens with one attached hydrogen (secondary N) is 2. The quantitative estimate of drug-likeness (QED) is 0.808. The van der Waals surface area contributed by atoms with E-state index in [1.54, 1.807) is 0 Å². The summed E-state index contributed by atoms with van der Waals surface area (Å²) < 4.78 is 0. The second-order valence-electron chi connectivity index (χ2n) is 8.35. The van der Waals surface area contributed by atoms with Crippen molar-refractivity contribution in [3.05, 3.63) is 29.8 Å². The Labute approximate surface area is 158 Å². The molecule has 0 aromatic heterocycles. The van der Waals surface area contributed by atoms with E-state index in [0.29, 0.717) is 24.3 Å². The Balaban J connectivity index is 1.46. The van der Waals surface area contributed by atoms with Crippen LogP contribution in [0.4, 0.5) is 5.69 Å². The molecular weight excluding hydrogens is 322 g/mol. The van der Waals surface area contributed by atoms with E-state index in [4.69, 9.17) is 0 Å². The van der Waals surface area contributed by atoms with Crippen LogP contribution in [0.2, 0.25) is 0 Å². The second-order valence-corrected chi connectivity index (χ2v) is 8.35. The molecule has 2 heterocycles. The van der Waals surface area contributed by atoms with E-state index in [9.17, 15) is 4.79 Å². The van der Waals surface area contributed by atoms with E-state index < -0.39 is 0 Å². The van der Waals surface area contributed by atoms with Crippen LogP contribution in [-0.2, 0) is 11.3 Å². The van der Waals surface area contributed by atoms with E-state index in [2.05, 4.69) is 53.6 Å². The molecule has 2 fully saturated rings. The second kappa shape index (κ2) is 9.52. The minimum atomic E-state index is 0.139. The van der Waals surface area contributed by atoms with Crippen molar-refractivity contribution in [1.29, 1.82) is 0 Å². The van der Waals surface area contributed by atoms with Gasteiger partial charge in [0.05, 0.1) is 0 Å². The summed E-state index contributed by atoms with van der Waals surface area (Å²) in [5.74, 6) is 1.20. The van der Waals surface area contributed by atoms with Crippen molar-refractivity contribution in [2.45, 2.75) is 65.0 Å². The largest absolute Gasteiger partial charge is 0.326 e. The zero-order valence-electron chi connectivity index (χ0n) is 16.5. The van der Waals surface area contributed by atoms with E-state index in [0.717, 1.165) is 25.3 Å². The summed E-state index contributed by atoms with van der Waals surface area (Å²) in [5.41, 5.74) is 2.25. The third kappa shape index (κ3) is 5.55. The number of benzene rings is 1. The molecule has 3 atom stereocenters. The van der Waals surface area contributed by atoms with Crippen molar-refractivity contribution in [3.8, 4) is 0 Å². The summed E-state index contributed by atoms with van der Waals surface area (Å²) in [5, 5.41) is 6.52. The smallest absolute Gasteiger partial charge is 0.224 e. The maximum Gasteiger partial charge on any atom is 0.224 e. The Kier molecular flexibility index (Phi) is 7.09. The summed E-state index contributed by atoms with van der Waals surface area (Å²) in [7, 11) is 0. The maximum absolute atomic E-state index is 12.4. The fourth-order valence-electron chi connectivity index (χ4n) is 4.36. The maximum atomic E-state index is 12.4. The zero-order chi connectivity index (χ0) is 18.4. The Morgan fingerprint density at radius 2 is 2.04 bits per heavy atom. The van der Waals surface area contributed by atoms with Gasteiger partial charge in [0, 0.05) is 24.7 Å². The van der Waals surface area contributed by atoms with Crippen LogP contribution in [0, 0.1) is 11.8 Å². The molecule has 2 N–H and O–H groups in total. The fourth-order valence-corrected chi connectivity index (χ4v) is 4.36.